The van der Waals surface area contributed by atoms with Gasteiger partial charge in [0.1, 0.15) is 0 Å². The highest BCUT2D eigenvalue weighted by Crippen LogP contribution is 2.39. The minimum Gasteiger partial charge on any atom is -0.493 e. The molecule has 0 saturated carbocycles. The number of nitrogens with one attached hydrogen (secondary N) is 1. The van der Waals surface area contributed by atoms with Crippen LogP contribution in [0, 0.1) is 0 Å². The third-order valence-electron chi connectivity index (χ3n) is 5.78. The molecular weight excluding hydrogens is 466 g/mol. The molecule has 4 nitrogen and oxygen atoms in total. The van der Waals surface area contributed by atoms with Gasteiger partial charge in [-0.25, -0.2) is 0 Å². The smallest absolute Gasteiger partial charge is 0.224 e. The topological polar surface area (TPSA) is 47.6 Å². The van der Waals surface area contributed by atoms with Crippen LogP contribution in [0.2, 0.25) is 0 Å². The fourth-order valence-corrected chi connectivity index (χ4v) is 4.45. The Morgan fingerprint density at radius 3 is 2.44 bits per heavy atom. The second-order valence-corrected chi connectivity index (χ2v) is 9.85. The molecule has 0 saturated heterocycles. The second kappa shape index (κ2) is 12.3. The normalized spacial score (nSPS) is 12.3. The molecule has 32 heavy (non-hydrogen) atoms. The van der Waals surface area contributed by atoms with E-state index in [1.807, 2.05) is 12.1 Å². The van der Waals surface area contributed by atoms with Crippen LogP contribution in [0.15, 0.2) is 36.4 Å². The van der Waals surface area contributed by atoms with Gasteiger partial charge in [-0.05, 0) is 41.0 Å². The van der Waals surface area contributed by atoms with E-state index in [2.05, 4.69) is 73.2 Å². The van der Waals surface area contributed by atoms with Gasteiger partial charge in [0.2, 0.25) is 5.91 Å². The van der Waals surface area contributed by atoms with Crippen molar-refractivity contribution in [3.63, 3.8) is 0 Å². The summed E-state index contributed by atoms with van der Waals surface area (Å²) in [6.07, 6.45) is 4.68. The van der Waals surface area contributed by atoms with E-state index in [0.29, 0.717) is 12.2 Å². The molecular formula is C27H38BrNO3. The summed E-state index contributed by atoms with van der Waals surface area (Å²) in [6, 6.07) is 12.2. The van der Waals surface area contributed by atoms with Crippen molar-refractivity contribution in [2.75, 3.05) is 19.5 Å². The van der Waals surface area contributed by atoms with E-state index in [4.69, 9.17) is 9.47 Å². The summed E-state index contributed by atoms with van der Waals surface area (Å²) in [4.78, 5) is 13.3. The molecule has 0 heterocycles. The van der Waals surface area contributed by atoms with Gasteiger partial charge in [-0.2, -0.15) is 0 Å². The first kappa shape index (κ1) is 26.2. The predicted octanol–water partition coefficient (Wildman–Crippen LogP) is 7.59. The molecule has 1 unspecified atom stereocenters. The largest absolute Gasteiger partial charge is 0.493 e. The van der Waals surface area contributed by atoms with Crippen LogP contribution in [0.4, 0.5) is 5.69 Å². The highest BCUT2D eigenvalue weighted by Gasteiger charge is 2.24. The standard InChI is InChI=1S/C27H38BrNO3/c1-7-8-9-11-20(21-12-10-13-24(31-5)26(21)32-6)17-25(30)29-23-16-19(18-28)14-15-22(23)27(2,3)4/h10,12-16,20H,7-9,11,17-18H2,1-6H3,(H,29,30). The number of alkyl halides is 1. The molecule has 2 aromatic carbocycles. The van der Waals surface area contributed by atoms with Crippen molar-refractivity contribution in [3.8, 4) is 11.5 Å². The van der Waals surface area contributed by atoms with Crippen molar-refractivity contribution < 1.29 is 14.3 Å². The molecule has 1 amide bonds. The number of halogens is 1. The molecule has 0 fully saturated rings. The SMILES string of the molecule is CCCCCC(CC(=O)Nc1cc(CBr)ccc1C(C)(C)C)c1cccc(OC)c1OC. The number of anilines is 1. The lowest BCUT2D eigenvalue weighted by molar-refractivity contribution is -0.116. The van der Waals surface area contributed by atoms with Crippen LogP contribution in [-0.2, 0) is 15.5 Å². The first-order valence-electron chi connectivity index (χ1n) is 11.4. The van der Waals surface area contributed by atoms with E-state index in [-0.39, 0.29) is 17.2 Å². The summed E-state index contributed by atoms with van der Waals surface area (Å²) in [5, 5.41) is 3.97. The lowest BCUT2D eigenvalue weighted by Crippen LogP contribution is -2.21. The fourth-order valence-electron chi connectivity index (χ4n) is 4.10. The van der Waals surface area contributed by atoms with E-state index in [0.717, 1.165) is 59.1 Å². The van der Waals surface area contributed by atoms with E-state index in [1.54, 1.807) is 14.2 Å². The number of methoxy groups -OCH3 is 2. The van der Waals surface area contributed by atoms with Gasteiger partial charge in [0.15, 0.2) is 11.5 Å². The Kier molecular flexibility index (Phi) is 10.1. The molecule has 1 N–H and O–H groups in total. The van der Waals surface area contributed by atoms with Crippen molar-refractivity contribution >= 4 is 27.5 Å². The Balaban J connectivity index is 2.33. The summed E-state index contributed by atoms with van der Waals surface area (Å²) in [7, 11) is 3.30. The maximum Gasteiger partial charge on any atom is 0.224 e. The number of para-hydroxylation sites is 1. The number of benzene rings is 2. The van der Waals surface area contributed by atoms with E-state index in [1.165, 1.54) is 0 Å². The van der Waals surface area contributed by atoms with Crippen molar-refractivity contribution in [2.24, 2.45) is 0 Å². The maximum absolute atomic E-state index is 13.3. The zero-order valence-electron chi connectivity index (χ0n) is 20.4. The van der Waals surface area contributed by atoms with Crippen molar-refractivity contribution in [3.05, 3.63) is 53.1 Å². The Morgan fingerprint density at radius 1 is 1.09 bits per heavy atom. The van der Waals surface area contributed by atoms with E-state index in [9.17, 15) is 4.79 Å². The Morgan fingerprint density at radius 2 is 1.84 bits per heavy atom. The first-order chi connectivity index (χ1) is 15.2. The number of carbonyl (C=O) groups excluding carboxylic acids is 1. The quantitative estimate of drug-likeness (QED) is 0.253. The van der Waals surface area contributed by atoms with Gasteiger partial charge in [0.05, 0.1) is 14.2 Å². The fraction of sp³-hybridized carbons (Fsp3) is 0.519. The van der Waals surface area contributed by atoms with Crippen LogP contribution in [0.1, 0.15) is 82.4 Å². The molecule has 0 aliphatic rings. The molecule has 0 aliphatic heterocycles. The van der Waals surface area contributed by atoms with E-state index >= 15 is 0 Å². The maximum atomic E-state index is 13.3. The highest BCUT2D eigenvalue weighted by atomic mass is 79.9. The summed E-state index contributed by atoms with van der Waals surface area (Å²) in [6.45, 7) is 8.69. The summed E-state index contributed by atoms with van der Waals surface area (Å²) in [5.41, 5.74) is 4.14. The van der Waals surface area contributed by atoms with Gasteiger partial charge in [-0.15, -0.1) is 0 Å². The van der Waals surface area contributed by atoms with Gasteiger partial charge < -0.3 is 14.8 Å². The van der Waals surface area contributed by atoms with Crippen LogP contribution in [0.5, 0.6) is 11.5 Å². The Bertz CT molecular complexity index is 889. The third kappa shape index (κ3) is 6.99. The highest BCUT2D eigenvalue weighted by molar-refractivity contribution is 9.08. The predicted molar refractivity (Wildman–Crippen MR) is 137 cm³/mol. The molecule has 5 heteroatoms. The number of hydrogen-bond donors (Lipinski definition) is 1. The second-order valence-electron chi connectivity index (χ2n) is 9.29. The molecule has 0 aliphatic carbocycles. The van der Waals surface area contributed by atoms with Crippen LogP contribution in [0.25, 0.3) is 0 Å². The molecule has 176 valence electrons. The molecule has 1 atom stereocenters. The van der Waals surface area contributed by atoms with Gasteiger partial charge in [0, 0.05) is 23.0 Å². The molecule has 0 spiro atoms. The number of carbonyl (C=O) groups is 1. The van der Waals surface area contributed by atoms with Crippen LogP contribution in [-0.4, -0.2) is 20.1 Å². The molecule has 0 aromatic heterocycles. The summed E-state index contributed by atoms with van der Waals surface area (Å²) < 4.78 is 11.2. The van der Waals surface area contributed by atoms with E-state index < -0.39 is 0 Å². The minimum atomic E-state index is -0.0655. The number of hydrogen-bond acceptors (Lipinski definition) is 3. The zero-order chi connectivity index (χ0) is 23.7. The minimum absolute atomic E-state index is 0.0218. The van der Waals surface area contributed by atoms with Gasteiger partial charge in [-0.1, -0.05) is 87.2 Å². The van der Waals surface area contributed by atoms with Crippen molar-refractivity contribution in [1.29, 1.82) is 0 Å². The molecule has 0 bridgehead atoms. The average Bonchev–Trinajstić information content (AvgIpc) is 2.76. The molecule has 2 aromatic rings. The third-order valence-corrected chi connectivity index (χ3v) is 6.43. The van der Waals surface area contributed by atoms with Crippen LogP contribution < -0.4 is 14.8 Å². The van der Waals surface area contributed by atoms with Crippen molar-refractivity contribution in [2.45, 2.75) is 76.5 Å². The monoisotopic (exact) mass is 503 g/mol. The Labute approximate surface area is 202 Å². The zero-order valence-corrected chi connectivity index (χ0v) is 22.0. The number of unbranched alkanes of at least 4 members (excludes halogenated alkanes) is 2. The van der Waals surface area contributed by atoms with Gasteiger partial charge >= 0.3 is 0 Å². The number of rotatable bonds is 11. The lowest BCUT2D eigenvalue weighted by atomic mass is 9.85. The molecule has 0 radical (unpaired) electrons. The van der Waals surface area contributed by atoms with Crippen LogP contribution in [0.3, 0.4) is 0 Å². The van der Waals surface area contributed by atoms with Crippen LogP contribution >= 0.6 is 15.9 Å². The Hall–Kier alpha value is -2.01. The lowest BCUT2D eigenvalue weighted by Gasteiger charge is -2.25. The van der Waals surface area contributed by atoms with Gasteiger partial charge in [-0.3, -0.25) is 4.79 Å². The number of ether oxygens (including phenoxy) is 2. The van der Waals surface area contributed by atoms with Gasteiger partial charge in [0.25, 0.3) is 0 Å². The number of amides is 1. The first-order valence-corrected chi connectivity index (χ1v) is 12.6. The summed E-state index contributed by atoms with van der Waals surface area (Å²) in [5.74, 6) is 1.50. The average molecular weight is 505 g/mol. The van der Waals surface area contributed by atoms with Crippen molar-refractivity contribution in [1.82, 2.24) is 0 Å². The summed E-state index contributed by atoms with van der Waals surface area (Å²) >= 11 is 3.53. The molecule has 2 rings (SSSR count).